The fourth-order valence-corrected chi connectivity index (χ4v) is 2.27. The number of aryl methyl sites for hydroxylation is 1. The minimum atomic E-state index is -0.982. The Labute approximate surface area is 151 Å². The summed E-state index contributed by atoms with van der Waals surface area (Å²) in [6.07, 6.45) is -1.21. The minimum absolute atomic E-state index is 0.0727. The summed E-state index contributed by atoms with van der Waals surface area (Å²) in [5.74, 6) is -1.82. The highest BCUT2D eigenvalue weighted by molar-refractivity contribution is 5.98. The Morgan fingerprint density at radius 3 is 2.42 bits per heavy atom. The number of nitrogens with one attached hydrogen (secondary N) is 1. The van der Waals surface area contributed by atoms with Crippen molar-refractivity contribution in [2.24, 2.45) is 0 Å². The van der Waals surface area contributed by atoms with Crippen molar-refractivity contribution < 1.29 is 23.5 Å². The Morgan fingerprint density at radius 1 is 1.08 bits per heavy atom. The first-order valence-electron chi connectivity index (χ1n) is 8.21. The number of hydrogen-bond donors (Lipinski definition) is 1. The second kappa shape index (κ2) is 8.89. The summed E-state index contributed by atoms with van der Waals surface area (Å²) in [6, 6.07) is 12.3. The first-order valence-corrected chi connectivity index (χ1v) is 8.21. The number of carbonyl (C=O) groups is 3. The normalized spacial score (nSPS) is 11.5. The third kappa shape index (κ3) is 5.81. The topological polar surface area (TPSA) is 72.5 Å². The van der Waals surface area contributed by atoms with E-state index in [0.717, 1.165) is 5.56 Å². The largest absolute Gasteiger partial charge is 0.453 e. The smallest absolute Gasteiger partial charge is 0.307 e. The van der Waals surface area contributed by atoms with Crippen LogP contribution in [-0.4, -0.2) is 23.8 Å². The summed E-state index contributed by atoms with van der Waals surface area (Å²) < 4.78 is 17.9. The van der Waals surface area contributed by atoms with Crippen molar-refractivity contribution in [1.82, 2.24) is 0 Å². The molecule has 0 bridgehead atoms. The molecule has 1 N–H and O–H groups in total. The van der Waals surface area contributed by atoms with Crippen LogP contribution in [0.5, 0.6) is 0 Å². The van der Waals surface area contributed by atoms with Crippen LogP contribution in [0.1, 0.15) is 35.7 Å². The van der Waals surface area contributed by atoms with Gasteiger partial charge in [0.1, 0.15) is 5.82 Å². The fraction of sp³-hybridized carbons (Fsp3) is 0.250. The van der Waals surface area contributed by atoms with Gasteiger partial charge in [0.25, 0.3) is 5.91 Å². The highest BCUT2D eigenvalue weighted by Crippen LogP contribution is 2.11. The molecule has 0 saturated heterocycles. The van der Waals surface area contributed by atoms with Crippen LogP contribution in [0.25, 0.3) is 0 Å². The summed E-state index contributed by atoms with van der Waals surface area (Å²) in [4.78, 5) is 35.8. The summed E-state index contributed by atoms with van der Waals surface area (Å²) >= 11 is 0. The number of esters is 1. The van der Waals surface area contributed by atoms with Crippen LogP contribution in [0, 0.1) is 12.7 Å². The van der Waals surface area contributed by atoms with Crippen molar-refractivity contribution in [3.8, 4) is 0 Å². The average Bonchev–Trinajstić information content (AvgIpc) is 2.60. The zero-order valence-electron chi connectivity index (χ0n) is 14.6. The fourth-order valence-electron chi connectivity index (χ4n) is 2.27. The van der Waals surface area contributed by atoms with Crippen LogP contribution >= 0.6 is 0 Å². The van der Waals surface area contributed by atoms with E-state index in [9.17, 15) is 18.8 Å². The summed E-state index contributed by atoms with van der Waals surface area (Å²) in [6.45, 7) is 3.36. The number of halogens is 1. The molecule has 2 aromatic carbocycles. The predicted octanol–water partition coefficient (Wildman–Crippen LogP) is 3.67. The Bertz CT molecular complexity index is 802. The van der Waals surface area contributed by atoms with E-state index in [2.05, 4.69) is 5.32 Å². The molecule has 1 amide bonds. The lowest BCUT2D eigenvalue weighted by Gasteiger charge is -2.13. The van der Waals surface area contributed by atoms with Gasteiger partial charge in [-0.1, -0.05) is 12.1 Å². The second-order valence-electron chi connectivity index (χ2n) is 5.92. The number of rotatable bonds is 7. The van der Waals surface area contributed by atoms with Gasteiger partial charge in [-0.3, -0.25) is 14.4 Å². The first-order chi connectivity index (χ1) is 12.3. The van der Waals surface area contributed by atoms with Gasteiger partial charge in [0, 0.05) is 17.7 Å². The van der Waals surface area contributed by atoms with Gasteiger partial charge in [-0.2, -0.15) is 0 Å². The standard InChI is InChI=1S/C20H20FNO4/c1-13-4-3-5-17(12-13)22-20(25)14(2)26-19(24)11-10-18(23)15-6-8-16(21)9-7-15/h3-9,12,14H,10-11H2,1-2H3,(H,22,25)/t14-/m0/s1. The van der Waals surface area contributed by atoms with E-state index >= 15 is 0 Å². The van der Waals surface area contributed by atoms with E-state index in [-0.39, 0.29) is 18.6 Å². The molecule has 0 aromatic heterocycles. The van der Waals surface area contributed by atoms with Gasteiger partial charge in [-0.25, -0.2) is 4.39 Å². The number of anilines is 1. The Kier molecular flexibility index (Phi) is 6.60. The molecule has 2 rings (SSSR count). The molecular weight excluding hydrogens is 337 g/mol. The van der Waals surface area contributed by atoms with Crippen LogP contribution in [0.3, 0.4) is 0 Å². The predicted molar refractivity (Wildman–Crippen MR) is 95.3 cm³/mol. The molecule has 0 aliphatic carbocycles. The first kappa shape index (κ1) is 19.3. The number of benzene rings is 2. The maximum atomic E-state index is 12.8. The molecule has 0 saturated carbocycles. The molecule has 0 radical (unpaired) electrons. The van der Waals surface area contributed by atoms with Crippen LogP contribution < -0.4 is 5.32 Å². The minimum Gasteiger partial charge on any atom is -0.453 e. The number of amides is 1. The van der Waals surface area contributed by atoms with E-state index in [4.69, 9.17) is 4.74 Å². The van der Waals surface area contributed by atoms with E-state index in [1.54, 1.807) is 12.1 Å². The number of carbonyl (C=O) groups excluding carboxylic acids is 3. The van der Waals surface area contributed by atoms with Gasteiger partial charge in [0.05, 0.1) is 6.42 Å². The molecule has 26 heavy (non-hydrogen) atoms. The maximum Gasteiger partial charge on any atom is 0.307 e. The van der Waals surface area contributed by atoms with Crippen molar-refractivity contribution in [1.29, 1.82) is 0 Å². The van der Waals surface area contributed by atoms with Crippen LogP contribution in [0.2, 0.25) is 0 Å². The molecule has 2 aromatic rings. The molecular formula is C20H20FNO4. The quantitative estimate of drug-likeness (QED) is 0.606. The number of Topliss-reactive ketones (excluding diaryl/α,β-unsaturated/α-hetero) is 1. The van der Waals surface area contributed by atoms with Crippen molar-refractivity contribution in [2.45, 2.75) is 32.8 Å². The molecule has 1 atom stereocenters. The average molecular weight is 357 g/mol. The molecule has 5 nitrogen and oxygen atoms in total. The molecule has 0 fully saturated rings. The lowest BCUT2D eigenvalue weighted by Crippen LogP contribution is -2.30. The van der Waals surface area contributed by atoms with Gasteiger partial charge in [-0.05, 0) is 55.8 Å². The van der Waals surface area contributed by atoms with Gasteiger partial charge in [0.2, 0.25) is 0 Å². The third-order valence-corrected chi connectivity index (χ3v) is 3.69. The summed E-state index contributed by atoms with van der Waals surface area (Å²) in [5.41, 5.74) is 1.93. The van der Waals surface area contributed by atoms with Crippen molar-refractivity contribution in [3.05, 3.63) is 65.5 Å². The van der Waals surface area contributed by atoms with E-state index in [1.165, 1.54) is 31.2 Å². The van der Waals surface area contributed by atoms with Gasteiger partial charge >= 0.3 is 5.97 Å². The van der Waals surface area contributed by atoms with Crippen molar-refractivity contribution in [3.63, 3.8) is 0 Å². The third-order valence-electron chi connectivity index (χ3n) is 3.69. The lowest BCUT2D eigenvalue weighted by atomic mass is 10.1. The Morgan fingerprint density at radius 2 is 1.77 bits per heavy atom. The Hall–Kier alpha value is -3.02. The number of ketones is 1. The molecule has 6 heteroatoms. The van der Waals surface area contributed by atoms with Crippen LogP contribution in [-0.2, 0) is 14.3 Å². The summed E-state index contributed by atoms with van der Waals surface area (Å²) in [5, 5.41) is 2.67. The molecule has 136 valence electrons. The SMILES string of the molecule is Cc1cccc(NC(=O)[C@H](C)OC(=O)CCC(=O)c2ccc(F)cc2)c1. The second-order valence-corrected chi connectivity index (χ2v) is 5.92. The highest BCUT2D eigenvalue weighted by Gasteiger charge is 2.19. The Balaban J connectivity index is 1.80. The van der Waals surface area contributed by atoms with Crippen molar-refractivity contribution >= 4 is 23.3 Å². The molecule has 0 aliphatic rings. The zero-order chi connectivity index (χ0) is 19.1. The van der Waals surface area contributed by atoms with Gasteiger partial charge < -0.3 is 10.1 Å². The zero-order valence-corrected chi connectivity index (χ0v) is 14.6. The maximum absolute atomic E-state index is 12.8. The molecule has 0 spiro atoms. The molecule has 0 heterocycles. The molecule has 0 unspecified atom stereocenters. The van der Waals surface area contributed by atoms with Crippen LogP contribution in [0.4, 0.5) is 10.1 Å². The highest BCUT2D eigenvalue weighted by atomic mass is 19.1. The van der Waals surface area contributed by atoms with E-state index in [1.807, 2.05) is 19.1 Å². The van der Waals surface area contributed by atoms with Gasteiger partial charge in [0.15, 0.2) is 11.9 Å². The number of ether oxygens (including phenoxy) is 1. The van der Waals surface area contributed by atoms with E-state index < -0.39 is 23.8 Å². The van der Waals surface area contributed by atoms with Crippen molar-refractivity contribution in [2.75, 3.05) is 5.32 Å². The van der Waals surface area contributed by atoms with Gasteiger partial charge in [-0.15, -0.1) is 0 Å². The van der Waals surface area contributed by atoms with E-state index in [0.29, 0.717) is 11.3 Å². The monoisotopic (exact) mass is 357 g/mol. The molecule has 0 aliphatic heterocycles. The van der Waals surface area contributed by atoms with Crippen LogP contribution in [0.15, 0.2) is 48.5 Å². The summed E-state index contributed by atoms with van der Waals surface area (Å²) in [7, 11) is 0. The lowest BCUT2D eigenvalue weighted by molar-refractivity contribution is -0.153. The number of hydrogen-bond acceptors (Lipinski definition) is 4.